The molecule has 3 rings (SSSR count). The Bertz CT molecular complexity index is 662. The van der Waals surface area contributed by atoms with Crippen molar-refractivity contribution in [3.05, 3.63) is 60.8 Å². The van der Waals surface area contributed by atoms with E-state index in [0.29, 0.717) is 0 Å². The van der Waals surface area contributed by atoms with Crippen molar-refractivity contribution < 1.29 is 5.11 Å². The van der Waals surface area contributed by atoms with Crippen molar-refractivity contribution in [2.45, 2.75) is 0 Å². The van der Waals surface area contributed by atoms with Crippen LogP contribution in [0.1, 0.15) is 0 Å². The van der Waals surface area contributed by atoms with Gasteiger partial charge in [-0.05, 0) is 17.5 Å². The third-order valence-corrected chi connectivity index (χ3v) is 2.81. The molecular weight excluding hydrogens is 210 g/mol. The van der Waals surface area contributed by atoms with Crippen LogP contribution < -0.4 is 0 Å². The molecule has 1 N–H and O–H groups in total. The summed E-state index contributed by atoms with van der Waals surface area (Å²) in [5.74, 6) is 0.273. The molecule has 1 aromatic heterocycles. The Morgan fingerprint density at radius 2 is 1.71 bits per heavy atom. The number of nitrogens with zero attached hydrogens (tertiary/aromatic N) is 1. The third-order valence-electron chi connectivity index (χ3n) is 2.81. The van der Waals surface area contributed by atoms with Crippen molar-refractivity contribution in [1.29, 1.82) is 0 Å². The molecule has 3 aromatic rings. The molecule has 0 aliphatic heterocycles. The summed E-state index contributed by atoms with van der Waals surface area (Å²) in [6.45, 7) is 0. The highest BCUT2D eigenvalue weighted by Crippen LogP contribution is 2.26. The molecule has 2 aromatic carbocycles. The lowest BCUT2D eigenvalue weighted by Crippen LogP contribution is -1.84. The molecule has 1 heterocycles. The van der Waals surface area contributed by atoms with Crippen LogP contribution in [0.5, 0.6) is 5.75 Å². The number of aromatic nitrogens is 1. The van der Waals surface area contributed by atoms with E-state index in [1.807, 2.05) is 48.5 Å². The minimum Gasteiger partial charge on any atom is -0.507 e. The summed E-state index contributed by atoms with van der Waals surface area (Å²) in [5.41, 5.74) is 2.00. The van der Waals surface area contributed by atoms with Crippen LogP contribution in [-0.2, 0) is 0 Å². The summed E-state index contributed by atoms with van der Waals surface area (Å²) in [5, 5.41) is 11.5. The van der Waals surface area contributed by atoms with Crippen LogP contribution in [0.25, 0.3) is 22.0 Å². The van der Waals surface area contributed by atoms with Crippen molar-refractivity contribution in [2.75, 3.05) is 0 Å². The monoisotopic (exact) mass is 221 g/mol. The van der Waals surface area contributed by atoms with Gasteiger partial charge in [-0.1, -0.05) is 42.5 Å². The maximum absolute atomic E-state index is 9.69. The van der Waals surface area contributed by atoms with Gasteiger partial charge in [-0.2, -0.15) is 0 Å². The van der Waals surface area contributed by atoms with E-state index in [9.17, 15) is 5.11 Å². The average Bonchev–Trinajstić information content (AvgIpc) is 2.40. The summed E-state index contributed by atoms with van der Waals surface area (Å²) in [7, 11) is 0. The van der Waals surface area contributed by atoms with Crippen molar-refractivity contribution >= 4 is 10.8 Å². The molecule has 2 nitrogen and oxygen atoms in total. The van der Waals surface area contributed by atoms with Gasteiger partial charge >= 0.3 is 0 Å². The van der Waals surface area contributed by atoms with E-state index >= 15 is 0 Å². The first-order valence-electron chi connectivity index (χ1n) is 5.48. The molecule has 0 radical (unpaired) electrons. The quantitative estimate of drug-likeness (QED) is 0.681. The summed E-state index contributed by atoms with van der Waals surface area (Å²) >= 11 is 0. The van der Waals surface area contributed by atoms with Crippen molar-refractivity contribution in [2.24, 2.45) is 0 Å². The SMILES string of the molecule is Oc1cccc2cc(-c3ccccc3)ncc12. The van der Waals surface area contributed by atoms with Gasteiger partial charge in [0.1, 0.15) is 5.75 Å². The van der Waals surface area contributed by atoms with E-state index in [-0.39, 0.29) is 5.75 Å². The van der Waals surface area contributed by atoms with Crippen LogP contribution in [0.15, 0.2) is 60.8 Å². The van der Waals surface area contributed by atoms with Gasteiger partial charge in [-0.25, -0.2) is 0 Å². The molecule has 0 aliphatic rings. The van der Waals surface area contributed by atoms with E-state index in [4.69, 9.17) is 0 Å². The van der Waals surface area contributed by atoms with Gasteiger partial charge in [0.05, 0.1) is 5.69 Å². The Hall–Kier alpha value is -2.35. The van der Waals surface area contributed by atoms with Gasteiger partial charge in [-0.15, -0.1) is 0 Å². The molecule has 0 saturated carbocycles. The molecule has 0 atom stereocenters. The summed E-state index contributed by atoms with van der Waals surface area (Å²) in [6.07, 6.45) is 1.72. The zero-order chi connectivity index (χ0) is 11.7. The van der Waals surface area contributed by atoms with E-state index in [0.717, 1.165) is 22.0 Å². The maximum Gasteiger partial charge on any atom is 0.124 e. The number of phenols is 1. The molecule has 0 amide bonds. The lowest BCUT2D eigenvalue weighted by molar-refractivity contribution is 0.481. The van der Waals surface area contributed by atoms with Gasteiger partial charge in [0.15, 0.2) is 0 Å². The Labute approximate surface area is 99.2 Å². The fourth-order valence-electron chi connectivity index (χ4n) is 1.92. The first-order valence-corrected chi connectivity index (χ1v) is 5.48. The first kappa shape index (κ1) is 9.85. The second kappa shape index (κ2) is 3.91. The molecule has 0 spiro atoms. The Kier molecular flexibility index (Phi) is 2.26. The Balaban J connectivity index is 2.21. The molecule has 0 aliphatic carbocycles. The molecule has 17 heavy (non-hydrogen) atoms. The highest BCUT2D eigenvalue weighted by molar-refractivity contribution is 5.89. The fraction of sp³-hybridized carbons (Fsp3) is 0. The minimum absolute atomic E-state index is 0.273. The molecular formula is C15H11NO. The number of rotatable bonds is 1. The molecule has 0 fully saturated rings. The van der Waals surface area contributed by atoms with Crippen LogP contribution >= 0.6 is 0 Å². The number of hydrogen-bond acceptors (Lipinski definition) is 2. The lowest BCUT2D eigenvalue weighted by atomic mass is 10.1. The highest BCUT2D eigenvalue weighted by atomic mass is 16.3. The van der Waals surface area contributed by atoms with E-state index < -0.39 is 0 Å². The highest BCUT2D eigenvalue weighted by Gasteiger charge is 2.03. The van der Waals surface area contributed by atoms with Gasteiger partial charge in [0.2, 0.25) is 0 Å². The second-order valence-electron chi connectivity index (χ2n) is 3.93. The van der Waals surface area contributed by atoms with Crippen molar-refractivity contribution in [3.63, 3.8) is 0 Å². The van der Waals surface area contributed by atoms with Crippen LogP contribution in [0.2, 0.25) is 0 Å². The van der Waals surface area contributed by atoms with Crippen molar-refractivity contribution in [3.8, 4) is 17.0 Å². The minimum atomic E-state index is 0.273. The average molecular weight is 221 g/mol. The van der Waals surface area contributed by atoms with E-state index in [1.54, 1.807) is 12.3 Å². The van der Waals surface area contributed by atoms with E-state index in [1.165, 1.54) is 0 Å². The predicted molar refractivity (Wildman–Crippen MR) is 68.8 cm³/mol. The molecule has 2 heteroatoms. The van der Waals surface area contributed by atoms with Crippen LogP contribution in [-0.4, -0.2) is 10.1 Å². The fourth-order valence-corrected chi connectivity index (χ4v) is 1.92. The number of pyridine rings is 1. The summed E-state index contributed by atoms with van der Waals surface area (Å²) in [6, 6.07) is 17.5. The normalized spacial score (nSPS) is 10.6. The Morgan fingerprint density at radius 3 is 2.53 bits per heavy atom. The zero-order valence-corrected chi connectivity index (χ0v) is 9.17. The first-order chi connectivity index (χ1) is 8.34. The molecule has 82 valence electrons. The van der Waals surface area contributed by atoms with Crippen LogP contribution in [0.4, 0.5) is 0 Å². The van der Waals surface area contributed by atoms with Crippen molar-refractivity contribution in [1.82, 2.24) is 4.98 Å². The molecule has 0 saturated heterocycles. The van der Waals surface area contributed by atoms with Crippen LogP contribution in [0, 0.1) is 0 Å². The largest absolute Gasteiger partial charge is 0.507 e. The number of benzene rings is 2. The van der Waals surface area contributed by atoms with Crippen LogP contribution in [0.3, 0.4) is 0 Å². The Morgan fingerprint density at radius 1 is 0.882 bits per heavy atom. The standard InChI is InChI=1S/C15H11NO/c17-15-8-4-7-12-9-14(16-10-13(12)15)11-5-2-1-3-6-11/h1-10,17H. The third kappa shape index (κ3) is 1.74. The van der Waals surface area contributed by atoms with Gasteiger partial charge in [0.25, 0.3) is 0 Å². The number of fused-ring (bicyclic) bond motifs is 1. The second-order valence-corrected chi connectivity index (χ2v) is 3.93. The number of hydrogen-bond donors (Lipinski definition) is 1. The summed E-state index contributed by atoms with van der Waals surface area (Å²) in [4.78, 5) is 4.38. The van der Waals surface area contributed by atoms with Gasteiger partial charge in [-0.3, -0.25) is 4.98 Å². The van der Waals surface area contributed by atoms with Gasteiger partial charge in [0, 0.05) is 17.1 Å². The maximum atomic E-state index is 9.69. The number of phenolic OH excluding ortho intramolecular Hbond substituents is 1. The molecule has 0 unspecified atom stereocenters. The molecule has 0 bridgehead atoms. The lowest BCUT2D eigenvalue weighted by Gasteiger charge is -2.04. The number of aromatic hydroxyl groups is 1. The van der Waals surface area contributed by atoms with E-state index in [2.05, 4.69) is 4.98 Å². The smallest absolute Gasteiger partial charge is 0.124 e. The van der Waals surface area contributed by atoms with Gasteiger partial charge < -0.3 is 5.11 Å². The predicted octanol–water partition coefficient (Wildman–Crippen LogP) is 3.61. The zero-order valence-electron chi connectivity index (χ0n) is 9.17. The topological polar surface area (TPSA) is 33.1 Å². The summed E-state index contributed by atoms with van der Waals surface area (Å²) < 4.78 is 0.